The number of amides is 1. The number of benzene rings is 1. The van der Waals surface area contributed by atoms with E-state index in [1.807, 2.05) is 19.1 Å². The number of hydrogen-bond donors (Lipinski definition) is 2. The van der Waals surface area contributed by atoms with Crippen molar-refractivity contribution in [3.05, 3.63) is 46.7 Å². The first-order chi connectivity index (χ1) is 11.4. The normalized spacial score (nSPS) is 20.1. The fourth-order valence-corrected chi connectivity index (χ4v) is 3.24. The highest BCUT2D eigenvalue weighted by Crippen LogP contribution is 2.26. The third kappa shape index (κ3) is 3.43. The molecule has 1 saturated carbocycles. The Hall–Kier alpha value is -2.34. The zero-order valence-corrected chi connectivity index (χ0v) is 14.0. The van der Waals surface area contributed by atoms with E-state index in [1.54, 1.807) is 22.9 Å². The Kier molecular flexibility index (Phi) is 4.57. The molecule has 1 heterocycles. The summed E-state index contributed by atoms with van der Waals surface area (Å²) in [6.07, 6.45) is 1.74. The molecule has 6 nitrogen and oxygen atoms in total. The minimum absolute atomic E-state index is 0.116. The van der Waals surface area contributed by atoms with Crippen LogP contribution in [0.5, 0.6) is 0 Å². The zero-order chi connectivity index (χ0) is 17.3. The van der Waals surface area contributed by atoms with E-state index in [2.05, 4.69) is 10.4 Å². The van der Waals surface area contributed by atoms with Crippen LogP contribution in [0.25, 0.3) is 5.69 Å². The number of aromatic nitrogens is 2. The molecule has 0 spiro atoms. The summed E-state index contributed by atoms with van der Waals surface area (Å²) in [4.78, 5) is 23.4. The molecule has 0 unspecified atom stereocenters. The number of nitrogens with one attached hydrogen (secondary N) is 1. The lowest BCUT2D eigenvalue weighted by molar-refractivity contribution is -0.141. The minimum atomic E-state index is -0.798. The number of carbonyl (C=O) groups excluding carboxylic acids is 1. The summed E-state index contributed by atoms with van der Waals surface area (Å²) in [6, 6.07) is 8.83. The van der Waals surface area contributed by atoms with Crippen molar-refractivity contribution in [1.29, 1.82) is 0 Å². The van der Waals surface area contributed by atoms with Crippen LogP contribution in [0.3, 0.4) is 0 Å². The second-order valence-corrected chi connectivity index (χ2v) is 6.52. The number of hydrogen-bond acceptors (Lipinski definition) is 3. The largest absolute Gasteiger partial charge is 0.481 e. The molecule has 2 N–H and O–H groups in total. The smallest absolute Gasteiger partial charge is 0.306 e. The van der Waals surface area contributed by atoms with E-state index in [9.17, 15) is 9.59 Å². The summed E-state index contributed by atoms with van der Waals surface area (Å²) >= 11 is 6.00. The third-order valence-corrected chi connectivity index (χ3v) is 4.53. The number of aliphatic carboxylic acids is 1. The van der Waals surface area contributed by atoms with Crippen LogP contribution in [0.2, 0.25) is 5.02 Å². The van der Waals surface area contributed by atoms with E-state index in [0.717, 1.165) is 11.4 Å². The molecule has 2 atom stereocenters. The van der Waals surface area contributed by atoms with Crippen molar-refractivity contribution in [2.24, 2.45) is 5.92 Å². The predicted molar refractivity (Wildman–Crippen MR) is 89.5 cm³/mol. The molecular weight excluding hydrogens is 330 g/mol. The van der Waals surface area contributed by atoms with Crippen LogP contribution in [0.4, 0.5) is 0 Å². The van der Waals surface area contributed by atoms with Gasteiger partial charge in [-0.25, -0.2) is 4.68 Å². The Bertz CT molecular complexity index is 787. The summed E-state index contributed by atoms with van der Waals surface area (Å²) in [7, 11) is 0. The minimum Gasteiger partial charge on any atom is -0.481 e. The van der Waals surface area contributed by atoms with E-state index < -0.39 is 5.97 Å². The van der Waals surface area contributed by atoms with Gasteiger partial charge in [-0.2, -0.15) is 5.10 Å². The van der Waals surface area contributed by atoms with E-state index in [4.69, 9.17) is 16.7 Å². The molecule has 1 aliphatic rings. The number of carboxylic acid groups (broad SMARTS) is 1. The van der Waals surface area contributed by atoms with Crippen molar-refractivity contribution in [2.45, 2.75) is 32.2 Å². The predicted octanol–water partition coefficient (Wildman–Crippen LogP) is 2.82. The lowest BCUT2D eigenvalue weighted by Crippen LogP contribution is -2.33. The number of rotatable bonds is 4. The van der Waals surface area contributed by atoms with Gasteiger partial charge in [0.25, 0.3) is 5.91 Å². The summed E-state index contributed by atoms with van der Waals surface area (Å²) in [5.41, 5.74) is 1.91. The van der Waals surface area contributed by atoms with Crippen molar-refractivity contribution in [3.63, 3.8) is 0 Å². The first-order valence-electron chi connectivity index (χ1n) is 7.80. The monoisotopic (exact) mass is 347 g/mol. The molecule has 7 heteroatoms. The Balaban J connectivity index is 1.73. The van der Waals surface area contributed by atoms with Crippen molar-refractivity contribution in [2.75, 3.05) is 0 Å². The quantitative estimate of drug-likeness (QED) is 0.890. The SMILES string of the molecule is Cc1cc(C(=O)N[C@@H]2CC[C@H](C(=O)O)C2)nn1-c1cccc(Cl)c1. The highest BCUT2D eigenvalue weighted by Gasteiger charge is 2.31. The number of carboxylic acids is 1. The fourth-order valence-electron chi connectivity index (χ4n) is 3.05. The molecule has 1 aliphatic carbocycles. The van der Waals surface area contributed by atoms with Gasteiger partial charge in [0.15, 0.2) is 5.69 Å². The van der Waals surface area contributed by atoms with Crippen molar-refractivity contribution in [3.8, 4) is 5.69 Å². The number of carbonyl (C=O) groups is 2. The Morgan fingerprint density at radius 2 is 2.12 bits per heavy atom. The average Bonchev–Trinajstić information content (AvgIpc) is 3.14. The molecule has 2 aromatic rings. The Morgan fingerprint density at radius 3 is 2.79 bits per heavy atom. The van der Waals surface area contributed by atoms with Gasteiger partial charge in [-0.15, -0.1) is 0 Å². The van der Waals surface area contributed by atoms with Crippen molar-refractivity contribution >= 4 is 23.5 Å². The molecule has 0 bridgehead atoms. The molecule has 1 aromatic carbocycles. The molecule has 24 heavy (non-hydrogen) atoms. The second kappa shape index (κ2) is 6.65. The fraction of sp³-hybridized carbons (Fsp3) is 0.353. The van der Waals surface area contributed by atoms with E-state index >= 15 is 0 Å². The first kappa shape index (κ1) is 16.5. The highest BCUT2D eigenvalue weighted by atomic mass is 35.5. The molecule has 1 aromatic heterocycles. The number of nitrogens with zero attached hydrogens (tertiary/aromatic N) is 2. The maximum absolute atomic E-state index is 12.4. The lowest BCUT2D eigenvalue weighted by atomic mass is 10.1. The van der Waals surface area contributed by atoms with Gasteiger partial charge < -0.3 is 10.4 Å². The zero-order valence-electron chi connectivity index (χ0n) is 13.2. The maximum atomic E-state index is 12.4. The van der Waals surface area contributed by atoms with Gasteiger partial charge in [0.05, 0.1) is 11.6 Å². The van der Waals surface area contributed by atoms with Crippen LogP contribution >= 0.6 is 11.6 Å². The molecule has 126 valence electrons. The number of halogens is 1. The molecule has 1 amide bonds. The van der Waals surface area contributed by atoms with Crippen LogP contribution in [0.1, 0.15) is 35.4 Å². The summed E-state index contributed by atoms with van der Waals surface area (Å²) in [5, 5.41) is 16.9. The molecule has 0 saturated heterocycles. The van der Waals surface area contributed by atoms with Crippen LogP contribution in [-0.2, 0) is 4.79 Å². The first-order valence-corrected chi connectivity index (χ1v) is 8.18. The van der Waals surface area contributed by atoms with E-state index in [0.29, 0.717) is 30.0 Å². The van der Waals surface area contributed by atoms with Gasteiger partial charge in [-0.1, -0.05) is 17.7 Å². The highest BCUT2D eigenvalue weighted by molar-refractivity contribution is 6.30. The van der Waals surface area contributed by atoms with Crippen LogP contribution in [0.15, 0.2) is 30.3 Å². The third-order valence-electron chi connectivity index (χ3n) is 4.29. The van der Waals surface area contributed by atoms with Crippen LogP contribution in [0, 0.1) is 12.8 Å². The maximum Gasteiger partial charge on any atom is 0.306 e. The van der Waals surface area contributed by atoms with Gasteiger partial charge in [-0.3, -0.25) is 9.59 Å². The molecule has 0 radical (unpaired) electrons. The molecule has 3 rings (SSSR count). The summed E-state index contributed by atoms with van der Waals surface area (Å²) in [5.74, 6) is -1.45. The van der Waals surface area contributed by atoms with Crippen LogP contribution < -0.4 is 5.32 Å². The topological polar surface area (TPSA) is 84.2 Å². The van der Waals surface area contributed by atoms with Gasteiger partial charge >= 0.3 is 5.97 Å². The second-order valence-electron chi connectivity index (χ2n) is 6.08. The van der Waals surface area contributed by atoms with Crippen molar-refractivity contribution in [1.82, 2.24) is 15.1 Å². The van der Waals surface area contributed by atoms with E-state index in [1.165, 1.54) is 0 Å². The number of aryl methyl sites for hydroxylation is 1. The summed E-state index contributed by atoms with van der Waals surface area (Å²) < 4.78 is 1.66. The van der Waals surface area contributed by atoms with Gasteiger partial charge in [0.2, 0.25) is 0 Å². The Labute approximate surface area is 144 Å². The molecular formula is C17H18ClN3O3. The van der Waals surface area contributed by atoms with Crippen LogP contribution in [-0.4, -0.2) is 32.8 Å². The lowest BCUT2D eigenvalue weighted by Gasteiger charge is -2.11. The van der Waals surface area contributed by atoms with E-state index in [-0.39, 0.29) is 17.9 Å². The van der Waals surface area contributed by atoms with Gasteiger partial charge in [0, 0.05) is 16.8 Å². The molecule has 0 aliphatic heterocycles. The van der Waals surface area contributed by atoms with Gasteiger partial charge in [-0.05, 0) is 50.5 Å². The average molecular weight is 348 g/mol. The standard InChI is InChI=1S/C17H18ClN3O3/c1-10-7-15(20-21(10)14-4-2-3-12(18)9-14)16(22)19-13-6-5-11(8-13)17(23)24/h2-4,7,9,11,13H,5-6,8H2,1H3,(H,19,22)(H,23,24)/t11-,13+/m0/s1. The molecule has 1 fully saturated rings. The van der Waals surface area contributed by atoms with Crippen molar-refractivity contribution < 1.29 is 14.7 Å². The summed E-state index contributed by atoms with van der Waals surface area (Å²) in [6.45, 7) is 1.86. The van der Waals surface area contributed by atoms with Gasteiger partial charge in [0.1, 0.15) is 0 Å². The Morgan fingerprint density at radius 1 is 1.33 bits per heavy atom.